The van der Waals surface area contributed by atoms with Gasteiger partial charge >= 0.3 is 0 Å². The summed E-state index contributed by atoms with van der Waals surface area (Å²) < 4.78 is 2.20. The molecule has 2 rings (SSSR count). The summed E-state index contributed by atoms with van der Waals surface area (Å²) >= 11 is 5.90. The summed E-state index contributed by atoms with van der Waals surface area (Å²) in [6.45, 7) is 7.38. The topological polar surface area (TPSA) is 29.9 Å². The van der Waals surface area contributed by atoms with Gasteiger partial charge in [0.2, 0.25) is 0 Å². The smallest absolute Gasteiger partial charge is 0.0951 e. The van der Waals surface area contributed by atoms with E-state index in [4.69, 9.17) is 11.6 Å². The molecular formula is C16H22ClN3. The van der Waals surface area contributed by atoms with Crippen molar-refractivity contribution in [2.45, 2.75) is 45.8 Å². The average molecular weight is 292 g/mol. The van der Waals surface area contributed by atoms with E-state index in [1.54, 1.807) is 0 Å². The Bertz CT molecular complexity index is 531. The molecule has 0 aliphatic rings. The molecule has 0 radical (unpaired) electrons. The predicted molar refractivity (Wildman–Crippen MR) is 84.1 cm³/mol. The van der Waals surface area contributed by atoms with Crippen molar-refractivity contribution >= 4 is 11.6 Å². The summed E-state index contributed by atoms with van der Waals surface area (Å²) in [5.74, 6) is 0. The maximum absolute atomic E-state index is 5.90. The number of benzene rings is 1. The number of imidazole rings is 1. The number of nitrogens with zero attached hydrogens (tertiary/aromatic N) is 2. The van der Waals surface area contributed by atoms with Crippen LogP contribution in [0.25, 0.3) is 0 Å². The minimum Gasteiger partial charge on any atom is -0.331 e. The van der Waals surface area contributed by atoms with E-state index in [1.807, 2.05) is 24.7 Å². The number of hydrogen-bond acceptors (Lipinski definition) is 2. The molecule has 0 saturated heterocycles. The number of rotatable bonds is 6. The molecule has 20 heavy (non-hydrogen) atoms. The van der Waals surface area contributed by atoms with Crippen LogP contribution in [0, 0.1) is 0 Å². The van der Waals surface area contributed by atoms with Crippen molar-refractivity contribution < 1.29 is 0 Å². The van der Waals surface area contributed by atoms with Crippen LogP contribution >= 0.6 is 11.6 Å². The molecule has 1 aromatic carbocycles. The van der Waals surface area contributed by atoms with Gasteiger partial charge in [0, 0.05) is 29.8 Å². The van der Waals surface area contributed by atoms with Crippen molar-refractivity contribution in [2.24, 2.45) is 0 Å². The second-order valence-electron chi connectivity index (χ2n) is 5.50. The quantitative estimate of drug-likeness (QED) is 0.876. The highest BCUT2D eigenvalue weighted by atomic mass is 35.5. The SMILES string of the molecule is CC(Cc1ccc(Cl)cc1)NCc1cncn1C(C)C. The van der Waals surface area contributed by atoms with Gasteiger partial charge in [0.1, 0.15) is 0 Å². The molecule has 3 nitrogen and oxygen atoms in total. The highest BCUT2D eigenvalue weighted by Gasteiger charge is 2.08. The Balaban J connectivity index is 1.87. The molecule has 0 saturated carbocycles. The van der Waals surface area contributed by atoms with Crippen LogP contribution in [0.4, 0.5) is 0 Å². The number of nitrogens with one attached hydrogen (secondary N) is 1. The summed E-state index contributed by atoms with van der Waals surface area (Å²) in [7, 11) is 0. The maximum Gasteiger partial charge on any atom is 0.0951 e. The van der Waals surface area contributed by atoms with E-state index in [9.17, 15) is 0 Å². The van der Waals surface area contributed by atoms with Gasteiger partial charge in [0.25, 0.3) is 0 Å². The second kappa shape index (κ2) is 6.91. The Morgan fingerprint density at radius 2 is 1.90 bits per heavy atom. The molecule has 108 valence electrons. The van der Waals surface area contributed by atoms with Gasteiger partial charge in [-0.05, 0) is 44.9 Å². The second-order valence-corrected chi connectivity index (χ2v) is 5.93. The summed E-state index contributed by atoms with van der Waals surface area (Å²) in [6.07, 6.45) is 4.82. The fraction of sp³-hybridized carbons (Fsp3) is 0.438. The standard InChI is InChI=1S/C16H22ClN3/c1-12(2)20-11-18-9-16(20)10-19-13(3)8-14-4-6-15(17)7-5-14/h4-7,9,11-13,19H,8,10H2,1-3H3. The van der Waals surface area contributed by atoms with Crippen LogP contribution in [0.5, 0.6) is 0 Å². The third kappa shape index (κ3) is 4.09. The van der Waals surface area contributed by atoms with Gasteiger partial charge in [-0.3, -0.25) is 0 Å². The van der Waals surface area contributed by atoms with Crippen LogP contribution in [0.15, 0.2) is 36.8 Å². The monoisotopic (exact) mass is 291 g/mol. The van der Waals surface area contributed by atoms with Crippen molar-refractivity contribution in [1.82, 2.24) is 14.9 Å². The van der Waals surface area contributed by atoms with E-state index in [2.05, 4.69) is 47.8 Å². The van der Waals surface area contributed by atoms with E-state index in [0.29, 0.717) is 12.1 Å². The van der Waals surface area contributed by atoms with Crippen LogP contribution in [-0.4, -0.2) is 15.6 Å². The van der Waals surface area contributed by atoms with Gasteiger partial charge in [-0.25, -0.2) is 4.98 Å². The lowest BCUT2D eigenvalue weighted by molar-refractivity contribution is 0.505. The van der Waals surface area contributed by atoms with Crippen molar-refractivity contribution in [1.29, 1.82) is 0 Å². The van der Waals surface area contributed by atoms with Crippen molar-refractivity contribution in [3.8, 4) is 0 Å². The molecule has 1 heterocycles. The van der Waals surface area contributed by atoms with E-state index in [0.717, 1.165) is 18.0 Å². The summed E-state index contributed by atoms with van der Waals surface area (Å²) in [5, 5.41) is 4.34. The first-order chi connectivity index (χ1) is 9.56. The van der Waals surface area contributed by atoms with Crippen LogP contribution in [0.1, 0.15) is 38.1 Å². The molecular weight excluding hydrogens is 270 g/mol. The Labute approximate surface area is 126 Å². The van der Waals surface area contributed by atoms with Crippen molar-refractivity contribution in [3.05, 3.63) is 53.1 Å². The minimum atomic E-state index is 0.409. The molecule has 0 fully saturated rings. The summed E-state index contributed by atoms with van der Waals surface area (Å²) in [6, 6.07) is 8.90. The van der Waals surface area contributed by atoms with E-state index in [-0.39, 0.29) is 0 Å². The molecule has 1 N–H and O–H groups in total. The van der Waals surface area contributed by atoms with Gasteiger partial charge in [-0.1, -0.05) is 23.7 Å². The van der Waals surface area contributed by atoms with Gasteiger partial charge in [0.15, 0.2) is 0 Å². The molecule has 1 atom stereocenters. The van der Waals surface area contributed by atoms with E-state index >= 15 is 0 Å². The molecule has 2 aromatic rings. The van der Waals surface area contributed by atoms with Crippen LogP contribution in [-0.2, 0) is 13.0 Å². The van der Waals surface area contributed by atoms with E-state index in [1.165, 1.54) is 11.3 Å². The predicted octanol–water partition coefficient (Wildman–Crippen LogP) is 3.84. The average Bonchev–Trinajstić information content (AvgIpc) is 2.88. The van der Waals surface area contributed by atoms with Crippen LogP contribution < -0.4 is 5.32 Å². The Kier molecular flexibility index (Phi) is 5.21. The zero-order chi connectivity index (χ0) is 14.5. The fourth-order valence-electron chi connectivity index (χ4n) is 2.26. The van der Waals surface area contributed by atoms with Gasteiger partial charge < -0.3 is 9.88 Å². The largest absolute Gasteiger partial charge is 0.331 e. The number of hydrogen-bond donors (Lipinski definition) is 1. The zero-order valence-electron chi connectivity index (χ0n) is 12.3. The maximum atomic E-state index is 5.90. The van der Waals surface area contributed by atoms with Crippen molar-refractivity contribution in [2.75, 3.05) is 0 Å². The molecule has 0 amide bonds. The highest BCUT2D eigenvalue weighted by molar-refractivity contribution is 6.30. The molecule has 4 heteroatoms. The summed E-state index contributed by atoms with van der Waals surface area (Å²) in [4.78, 5) is 4.22. The van der Waals surface area contributed by atoms with Crippen LogP contribution in [0.2, 0.25) is 5.02 Å². The fourth-order valence-corrected chi connectivity index (χ4v) is 2.38. The lowest BCUT2D eigenvalue weighted by Gasteiger charge is -2.16. The van der Waals surface area contributed by atoms with Gasteiger partial charge in [0.05, 0.1) is 12.0 Å². The lowest BCUT2D eigenvalue weighted by Crippen LogP contribution is -2.28. The third-order valence-corrected chi connectivity index (χ3v) is 3.64. The summed E-state index contributed by atoms with van der Waals surface area (Å²) in [5.41, 5.74) is 2.52. The van der Waals surface area contributed by atoms with Crippen molar-refractivity contribution in [3.63, 3.8) is 0 Å². The Morgan fingerprint density at radius 3 is 2.55 bits per heavy atom. The molecule has 0 bridgehead atoms. The molecule has 1 aromatic heterocycles. The molecule has 0 aliphatic carbocycles. The first-order valence-corrected chi connectivity index (χ1v) is 7.42. The van der Waals surface area contributed by atoms with Crippen LogP contribution in [0.3, 0.4) is 0 Å². The minimum absolute atomic E-state index is 0.409. The number of aromatic nitrogens is 2. The normalized spacial score (nSPS) is 12.8. The van der Waals surface area contributed by atoms with Gasteiger partial charge in [-0.2, -0.15) is 0 Å². The number of halogens is 1. The molecule has 1 unspecified atom stereocenters. The Hall–Kier alpha value is -1.32. The lowest BCUT2D eigenvalue weighted by atomic mass is 10.1. The zero-order valence-corrected chi connectivity index (χ0v) is 13.1. The first kappa shape index (κ1) is 15.1. The molecule has 0 aliphatic heterocycles. The first-order valence-electron chi connectivity index (χ1n) is 7.05. The highest BCUT2D eigenvalue weighted by Crippen LogP contribution is 2.12. The van der Waals surface area contributed by atoms with E-state index < -0.39 is 0 Å². The third-order valence-electron chi connectivity index (χ3n) is 3.39. The Morgan fingerprint density at radius 1 is 1.20 bits per heavy atom. The molecule has 0 spiro atoms. The van der Waals surface area contributed by atoms with Gasteiger partial charge in [-0.15, -0.1) is 0 Å².